The number of benzene rings is 1. The van der Waals surface area contributed by atoms with Crippen LogP contribution >= 0.6 is 39.1 Å². The molecule has 6 heteroatoms. The Hall–Kier alpha value is -0.840. The monoisotopic (exact) mass is 374 g/mol. The summed E-state index contributed by atoms with van der Waals surface area (Å²) in [6.45, 7) is 2.76. The van der Waals surface area contributed by atoms with E-state index in [-0.39, 0.29) is 12.2 Å². The maximum absolute atomic E-state index is 12.4. The van der Waals surface area contributed by atoms with Crippen molar-refractivity contribution in [2.24, 2.45) is 0 Å². The molecule has 0 aliphatic rings. The number of hydrogen-bond acceptors (Lipinski definition) is 2. The highest BCUT2D eigenvalue weighted by atomic mass is 79.9. The molecule has 1 aromatic carbocycles. The van der Waals surface area contributed by atoms with Crippen molar-refractivity contribution in [2.75, 3.05) is 0 Å². The number of halogens is 3. The summed E-state index contributed by atoms with van der Waals surface area (Å²) < 4.78 is 2.44. The molecular formula is C14H13BrCl2N2O. The second kappa shape index (κ2) is 6.74. The molecule has 0 atom stereocenters. The molecule has 0 saturated carbocycles. The van der Waals surface area contributed by atoms with Gasteiger partial charge in [-0.25, -0.2) is 0 Å². The minimum absolute atomic E-state index is 0.00112. The van der Waals surface area contributed by atoms with E-state index in [2.05, 4.69) is 21.0 Å². The number of carbonyl (C=O) groups excluding carboxylic acids is 1. The van der Waals surface area contributed by atoms with Crippen LogP contribution in [0.5, 0.6) is 0 Å². The Bertz CT molecular complexity index is 640. The van der Waals surface area contributed by atoms with E-state index in [0.717, 1.165) is 16.5 Å². The fourth-order valence-corrected chi connectivity index (χ4v) is 2.78. The van der Waals surface area contributed by atoms with Gasteiger partial charge in [0.25, 0.3) is 0 Å². The SMILES string of the molecule is CCCn1ncc(Br)c1C(=O)Cc1ccc(Cl)c(Cl)c1. The van der Waals surface area contributed by atoms with Crippen molar-refractivity contribution in [3.8, 4) is 0 Å². The van der Waals surface area contributed by atoms with Crippen LogP contribution in [0.15, 0.2) is 28.9 Å². The Labute approximate surface area is 136 Å². The van der Waals surface area contributed by atoms with Crippen LogP contribution < -0.4 is 0 Å². The molecule has 0 saturated heterocycles. The molecule has 20 heavy (non-hydrogen) atoms. The van der Waals surface area contributed by atoms with Gasteiger partial charge in [-0.15, -0.1) is 0 Å². The van der Waals surface area contributed by atoms with Gasteiger partial charge in [-0.05, 0) is 40.0 Å². The minimum Gasteiger partial charge on any atom is -0.292 e. The summed E-state index contributed by atoms with van der Waals surface area (Å²) in [6.07, 6.45) is 2.84. The second-order valence-corrected chi connectivity index (χ2v) is 6.08. The van der Waals surface area contributed by atoms with E-state index in [9.17, 15) is 4.79 Å². The molecule has 106 valence electrons. The Kier molecular flexibility index (Phi) is 5.24. The van der Waals surface area contributed by atoms with Gasteiger partial charge in [-0.2, -0.15) is 5.10 Å². The van der Waals surface area contributed by atoms with Gasteiger partial charge in [0.15, 0.2) is 5.78 Å². The highest BCUT2D eigenvalue weighted by Crippen LogP contribution is 2.24. The van der Waals surface area contributed by atoms with Gasteiger partial charge in [0.1, 0.15) is 5.69 Å². The number of ketones is 1. The maximum Gasteiger partial charge on any atom is 0.186 e. The lowest BCUT2D eigenvalue weighted by Crippen LogP contribution is -2.13. The number of carbonyl (C=O) groups is 1. The molecule has 0 N–H and O–H groups in total. The van der Waals surface area contributed by atoms with E-state index >= 15 is 0 Å². The van der Waals surface area contributed by atoms with Crippen molar-refractivity contribution in [2.45, 2.75) is 26.3 Å². The summed E-state index contributed by atoms with van der Waals surface area (Å²) in [4.78, 5) is 12.4. The maximum atomic E-state index is 12.4. The third-order valence-corrected chi connectivity index (χ3v) is 4.16. The van der Waals surface area contributed by atoms with Crippen LogP contribution in [0.1, 0.15) is 29.4 Å². The van der Waals surface area contributed by atoms with Crippen molar-refractivity contribution in [3.63, 3.8) is 0 Å². The quantitative estimate of drug-likeness (QED) is 0.704. The fourth-order valence-electron chi connectivity index (χ4n) is 1.94. The first-order valence-corrected chi connectivity index (χ1v) is 7.76. The first-order valence-electron chi connectivity index (χ1n) is 6.21. The lowest BCUT2D eigenvalue weighted by molar-refractivity contribution is 0.0981. The third-order valence-electron chi connectivity index (χ3n) is 2.84. The van der Waals surface area contributed by atoms with Crippen molar-refractivity contribution in [3.05, 3.63) is 50.2 Å². The molecule has 0 radical (unpaired) electrons. The van der Waals surface area contributed by atoms with E-state index in [1.807, 2.05) is 6.92 Å². The van der Waals surface area contributed by atoms with Gasteiger partial charge in [-0.1, -0.05) is 36.2 Å². The number of Topliss-reactive ketones (excluding diaryl/α,β-unsaturated/α-hetero) is 1. The van der Waals surface area contributed by atoms with Crippen LogP contribution in [0.25, 0.3) is 0 Å². The number of aromatic nitrogens is 2. The van der Waals surface area contributed by atoms with E-state index in [0.29, 0.717) is 22.3 Å². The number of rotatable bonds is 5. The minimum atomic E-state index is 0.00112. The van der Waals surface area contributed by atoms with E-state index in [4.69, 9.17) is 23.2 Å². The van der Waals surface area contributed by atoms with Crippen molar-refractivity contribution >= 4 is 44.9 Å². The Morgan fingerprint density at radius 2 is 2.10 bits per heavy atom. The van der Waals surface area contributed by atoms with Crippen molar-refractivity contribution < 1.29 is 4.79 Å². The average Bonchev–Trinajstić information content (AvgIpc) is 2.76. The number of aryl methyl sites for hydroxylation is 1. The largest absolute Gasteiger partial charge is 0.292 e. The standard InChI is InChI=1S/C14H13BrCl2N2O/c1-2-5-19-14(10(15)8-18-19)13(20)7-9-3-4-11(16)12(17)6-9/h3-4,6,8H,2,5,7H2,1H3. The lowest BCUT2D eigenvalue weighted by atomic mass is 10.1. The van der Waals surface area contributed by atoms with E-state index in [1.165, 1.54) is 0 Å². The molecule has 0 aliphatic heterocycles. The molecule has 0 aliphatic carbocycles. The second-order valence-electron chi connectivity index (χ2n) is 4.41. The molecular weight excluding hydrogens is 363 g/mol. The van der Waals surface area contributed by atoms with E-state index < -0.39 is 0 Å². The van der Waals surface area contributed by atoms with Gasteiger partial charge in [0.05, 0.1) is 20.7 Å². The predicted octanol–water partition coefficient (Wildman–Crippen LogP) is 4.79. The molecule has 1 aromatic heterocycles. The molecule has 0 amide bonds. The molecule has 0 spiro atoms. The zero-order valence-corrected chi connectivity index (χ0v) is 14.0. The van der Waals surface area contributed by atoms with Gasteiger partial charge in [0, 0.05) is 13.0 Å². The predicted molar refractivity (Wildman–Crippen MR) is 84.7 cm³/mol. The molecule has 0 bridgehead atoms. The van der Waals surface area contributed by atoms with Crippen LogP contribution in [0.2, 0.25) is 10.0 Å². The van der Waals surface area contributed by atoms with Crippen molar-refractivity contribution in [1.82, 2.24) is 9.78 Å². The van der Waals surface area contributed by atoms with Gasteiger partial charge >= 0.3 is 0 Å². The first kappa shape index (κ1) is 15.5. The third kappa shape index (κ3) is 3.43. The molecule has 0 fully saturated rings. The topological polar surface area (TPSA) is 34.9 Å². The summed E-state index contributed by atoms with van der Waals surface area (Å²) in [5, 5.41) is 5.14. The first-order chi connectivity index (χ1) is 9.52. The zero-order chi connectivity index (χ0) is 14.7. The van der Waals surface area contributed by atoms with Gasteiger partial charge < -0.3 is 0 Å². The Morgan fingerprint density at radius 3 is 2.75 bits per heavy atom. The molecule has 0 unspecified atom stereocenters. The highest BCUT2D eigenvalue weighted by Gasteiger charge is 2.17. The summed E-state index contributed by atoms with van der Waals surface area (Å²) in [6, 6.07) is 5.22. The van der Waals surface area contributed by atoms with Crippen LogP contribution in [0.4, 0.5) is 0 Å². The van der Waals surface area contributed by atoms with E-state index in [1.54, 1.807) is 29.1 Å². The summed E-state index contributed by atoms with van der Waals surface area (Å²) in [7, 11) is 0. The molecule has 2 aromatic rings. The lowest BCUT2D eigenvalue weighted by Gasteiger charge is -2.07. The summed E-state index contributed by atoms with van der Waals surface area (Å²) >= 11 is 15.2. The van der Waals surface area contributed by atoms with Crippen molar-refractivity contribution in [1.29, 1.82) is 0 Å². The smallest absolute Gasteiger partial charge is 0.186 e. The fraction of sp³-hybridized carbons (Fsp3) is 0.286. The normalized spacial score (nSPS) is 10.8. The summed E-state index contributed by atoms with van der Waals surface area (Å²) in [5.74, 6) is 0.00112. The van der Waals surface area contributed by atoms with Gasteiger partial charge in [-0.3, -0.25) is 9.48 Å². The Morgan fingerprint density at radius 1 is 1.35 bits per heavy atom. The number of nitrogens with zero attached hydrogens (tertiary/aromatic N) is 2. The molecule has 3 nitrogen and oxygen atoms in total. The van der Waals surface area contributed by atoms with Gasteiger partial charge in [0.2, 0.25) is 0 Å². The number of hydrogen-bond donors (Lipinski definition) is 0. The van der Waals surface area contributed by atoms with Crippen LogP contribution in [0, 0.1) is 0 Å². The molecule has 2 rings (SSSR count). The summed E-state index contributed by atoms with van der Waals surface area (Å²) in [5.41, 5.74) is 1.43. The zero-order valence-electron chi connectivity index (χ0n) is 10.9. The van der Waals surface area contributed by atoms with Crippen LogP contribution in [-0.2, 0) is 13.0 Å². The Balaban J connectivity index is 2.23. The molecule has 1 heterocycles. The van der Waals surface area contributed by atoms with Crippen LogP contribution in [0.3, 0.4) is 0 Å². The van der Waals surface area contributed by atoms with Crippen LogP contribution in [-0.4, -0.2) is 15.6 Å². The average molecular weight is 376 g/mol. The highest BCUT2D eigenvalue weighted by molar-refractivity contribution is 9.10.